The molecule has 33 heavy (non-hydrogen) atoms. The topological polar surface area (TPSA) is 75.5 Å². The Hall–Kier alpha value is -2.74. The molecular formula is C26H37N6S+. The molecule has 7 heteroatoms. The first kappa shape index (κ1) is 26.5. The molecule has 0 saturated carbocycles. The normalized spacial score (nSPS) is 11.5. The highest BCUT2D eigenvalue weighted by molar-refractivity contribution is 7.16. The lowest BCUT2D eigenvalue weighted by atomic mass is 10.1. The Labute approximate surface area is 203 Å². The Kier molecular flexibility index (Phi) is 10.0. The van der Waals surface area contributed by atoms with E-state index in [0.717, 1.165) is 24.3 Å². The number of benzene rings is 1. The first-order chi connectivity index (χ1) is 15.9. The molecule has 0 aliphatic heterocycles. The highest BCUT2D eigenvalue weighted by Crippen LogP contribution is 2.36. The fourth-order valence-corrected chi connectivity index (χ4v) is 5.10. The third-order valence-corrected chi connectivity index (χ3v) is 7.92. The van der Waals surface area contributed by atoms with Crippen LogP contribution in [0.1, 0.15) is 62.1 Å². The van der Waals surface area contributed by atoms with Crippen molar-refractivity contribution in [3.63, 3.8) is 0 Å². The number of azo groups is 1. The van der Waals surface area contributed by atoms with Crippen LogP contribution in [-0.4, -0.2) is 43.8 Å². The maximum Gasteiger partial charge on any atom is 0.158 e. The first-order valence-corrected chi connectivity index (χ1v) is 12.8. The number of nitriles is 2. The molecule has 1 aromatic heterocycles. The van der Waals surface area contributed by atoms with Crippen LogP contribution >= 0.6 is 11.3 Å². The molecule has 0 radical (unpaired) electrons. The largest absolute Gasteiger partial charge is 0.372 e. The molecule has 0 N–H and O–H groups in total. The quantitative estimate of drug-likeness (QED) is 0.192. The maximum absolute atomic E-state index is 9.40. The van der Waals surface area contributed by atoms with Crippen LogP contribution in [0.2, 0.25) is 0 Å². The molecule has 6 nitrogen and oxygen atoms in total. The summed E-state index contributed by atoms with van der Waals surface area (Å²) in [5, 5.41) is 27.8. The van der Waals surface area contributed by atoms with Crippen LogP contribution < -0.4 is 4.90 Å². The Bertz CT molecular complexity index is 1030. The first-order valence-electron chi connectivity index (χ1n) is 11.9. The minimum absolute atomic E-state index is 0.434. The Morgan fingerprint density at radius 1 is 0.970 bits per heavy atom. The number of rotatable bonds is 12. The molecule has 2 aromatic rings. The summed E-state index contributed by atoms with van der Waals surface area (Å²) in [5.74, 6) is 0. The molecule has 0 amide bonds. The second kappa shape index (κ2) is 12.5. The molecule has 0 bridgehead atoms. The standard InChI is InChI=1S/C26H37N6S/c1-7-31(15-11-12-16-32(8-2,9-3)10-4)22-13-14-24(20(5)17-22)29-30-26-23(18-27)21(6)25(19-28)33-26/h13-14,17H,7-12,15-16H2,1-6H3/q+1/b30-29+. The van der Waals surface area contributed by atoms with Gasteiger partial charge in [-0.1, -0.05) is 0 Å². The van der Waals surface area contributed by atoms with E-state index < -0.39 is 0 Å². The van der Waals surface area contributed by atoms with Gasteiger partial charge in [0.15, 0.2) is 5.00 Å². The number of hydrogen-bond acceptors (Lipinski definition) is 6. The predicted octanol–water partition coefficient (Wildman–Crippen LogP) is 7.01. The van der Waals surface area contributed by atoms with Crippen molar-refractivity contribution in [1.82, 2.24) is 0 Å². The summed E-state index contributed by atoms with van der Waals surface area (Å²) in [6.07, 6.45) is 2.42. The zero-order valence-corrected chi connectivity index (χ0v) is 21.8. The molecule has 0 atom stereocenters. The minimum atomic E-state index is 0.434. The highest BCUT2D eigenvalue weighted by atomic mass is 32.1. The maximum atomic E-state index is 9.40. The van der Waals surface area contributed by atoms with E-state index in [2.05, 4.69) is 67.1 Å². The van der Waals surface area contributed by atoms with Gasteiger partial charge in [-0.2, -0.15) is 10.5 Å². The van der Waals surface area contributed by atoms with Crippen molar-refractivity contribution in [2.45, 2.75) is 54.4 Å². The van der Waals surface area contributed by atoms with E-state index in [1.54, 1.807) is 6.92 Å². The van der Waals surface area contributed by atoms with Gasteiger partial charge in [-0.05, 0) is 83.7 Å². The number of quaternary nitrogens is 1. The van der Waals surface area contributed by atoms with Gasteiger partial charge in [-0.3, -0.25) is 0 Å². The molecule has 1 heterocycles. The third-order valence-electron chi connectivity index (χ3n) is 6.84. The van der Waals surface area contributed by atoms with Gasteiger partial charge in [-0.25, -0.2) is 0 Å². The number of hydrogen-bond donors (Lipinski definition) is 0. The van der Waals surface area contributed by atoms with Crippen LogP contribution in [0, 0.1) is 36.5 Å². The van der Waals surface area contributed by atoms with E-state index in [0.29, 0.717) is 21.0 Å². The molecule has 0 aliphatic carbocycles. The monoisotopic (exact) mass is 465 g/mol. The zero-order valence-electron chi connectivity index (χ0n) is 21.0. The van der Waals surface area contributed by atoms with Crippen LogP contribution in [0.25, 0.3) is 0 Å². The summed E-state index contributed by atoms with van der Waals surface area (Å²) >= 11 is 1.21. The summed E-state index contributed by atoms with van der Waals surface area (Å²) < 4.78 is 1.21. The number of nitrogens with zero attached hydrogens (tertiary/aromatic N) is 6. The van der Waals surface area contributed by atoms with E-state index in [1.807, 2.05) is 13.0 Å². The summed E-state index contributed by atoms with van der Waals surface area (Å²) in [7, 11) is 0. The van der Waals surface area contributed by atoms with Crippen molar-refractivity contribution in [1.29, 1.82) is 10.5 Å². The van der Waals surface area contributed by atoms with Crippen molar-refractivity contribution >= 4 is 27.7 Å². The summed E-state index contributed by atoms with van der Waals surface area (Å²) in [6, 6.07) is 10.5. The Morgan fingerprint density at radius 2 is 1.67 bits per heavy atom. The van der Waals surface area contributed by atoms with E-state index in [4.69, 9.17) is 0 Å². The van der Waals surface area contributed by atoms with Crippen LogP contribution in [0.4, 0.5) is 16.4 Å². The van der Waals surface area contributed by atoms with E-state index >= 15 is 0 Å². The second-order valence-corrected chi connectivity index (χ2v) is 9.43. The fraction of sp³-hybridized carbons (Fsp3) is 0.538. The van der Waals surface area contributed by atoms with Gasteiger partial charge in [0.2, 0.25) is 0 Å². The van der Waals surface area contributed by atoms with Gasteiger partial charge in [0.25, 0.3) is 0 Å². The Balaban J connectivity index is 2.07. The smallest absolute Gasteiger partial charge is 0.158 e. The highest BCUT2D eigenvalue weighted by Gasteiger charge is 2.20. The Morgan fingerprint density at radius 3 is 2.21 bits per heavy atom. The van der Waals surface area contributed by atoms with Crippen molar-refractivity contribution in [2.24, 2.45) is 10.2 Å². The number of anilines is 1. The average Bonchev–Trinajstić information content (AvgIpc) is 3.15. The minimum Gasteiger partial charge on any atom is -0.372 e. The van der Waals surface area contributed by atoms with Crippen LogP contribution in [0.5, 0.6) is 0 Å². The molecule has 0 saturated heterocycles. The van der Waals surface area contributed by atoms with Crippen molar-refractivity contribution < 1.29 is 4.48 Å². The van der Waals surface area contributed by atoms with E-state index in [1.165, 1.54) is 60.5 Å². The molecule has 0 unspecified atom stereocenters. The molecule has 0 aliphatic rings. The van der Waals surface area contributed by atoms with Gasteiger partial charge >= 0.3 is 0 Å². The van der Waals surface area contributed by atoms with Gasteiger partial charge in [0.05, 0.1) is 37.4 Å². The lowest BCUT2D eigenvalue weighted by Crippen LogP contribution is -2.48. The van der Waals surface area contributed by atoms with Crippen LogP contribution in [0.3, 0.4) is 0 Å². The number of unbranched alkanes of at least 4 members (excludes halogenated alkanes) is 1. The van der Waals surface area contributed by atoms with Gasteiger partial charge in [-0.15, -0.1) is 21.6 Å². The second-order valence-electron chi connectivity index (χ2n) is 8.43. The van der Waals surface area contributed by atoms with Gasteiger partial charge in [0.1, 0.15) is 17.0 Å². The molecule has 2 rings (SSSR count). The average molecular weight is 466 g/mol. The van der Waals surface area contributed by atoms with Crippen molar-refractivity contribution in [3.8, 4) is 12.1 Å². The van der Waals surface area contributed by atoms with Gasteiger partial charge < -0.3 is 9.38 Å². The summed E-state index contributed by atoms with van der Waals surface area (Å²) in [5.41, 5.74) is 4.13. The lowest BCUT2D eigenvalue weighted by molar-refractivity contribution is -0.923. The predicted molar refractivity (Wildman–Crippen MR) is 138 cm³/mol. The molecule has 1 aromatic carbocycles. The SMILES string of the molecule is CCN(CCCC[N+](CC)(CC)CC)c1ccc(/N=N/c2sc(C#N)c(C)c2C#N)c(C)c1. The van der Waals surface area contributed by atoms with Crippen LogP contribution in [0.15, 0.2) is 28.4 Å². The van der Waals surface area contributed by atoms with Crippen LogP contribution in [-0.2, 0) is 0 Å². The molecule has 0 spiro atoms. The fourth-order valence-electron chi connectivity index (χ4n) is 4.22. The van der Waals surface area contributed by atoms with E-state index in [9.17, 15) is 10.5 Å². The summed E-state index contributed by atoms with van der Waals surface area (Å²) in [4.78, 5) is 2.93. The number of thiophene rings is 1. The zero-order chi connectivity index (χ0) is 24.4. The van der Waals surface area contributed by atoms with Gasteiger partial charge in [0, 0.05) is 18.8 Å². The van der Waals surface area contributed by atoms with Crippen molar-refractivity contribution in [3.05, 3.63) is 39.8 Å². The molecule has 176 valence electrons. The van der Waals surface area contributed by atoms with Crippen molar-refractivity contribution in [2.75, 3.05) is 44.2 Å². The lowest BCUT2D eigenvalue weighted by Gasteiger charge is -2.36. The molecular weight excluding hydrogens is 428 g/mol. The number of aryl methyl sites for hydroxylation is 1. The third kappa shape index (κ3) is 6.41. The molecule has 0 fully saturated rings. The van der Waals surface area contributed by atoms with E-state index in [-0.39, 0.29) is 0 Å². The summed E-state index contributed by atoms with van der Waals surface area (Å²) in [6.45, 7) is 19.8.